The van der Waals surface area contributed by atoms with Crippen molar-refractivity contribution in [1.82, 2.24) is 14.9 Å². The molecule has 1 aromatic heterocycles. The molecule has 0 spiro atoms. The van der Waals surface area contributed by atoms with Crippen molar-refractivity contribution in [1.29, 1.82) is 0 Å². The standard InChI is InChI=1S/C23H22ClFN4O2/c1-15-6-7-19(25)20(10-15)31-22-12-21(26-14-27-22)28-8-9-29(16(2)13-28)23(30)17-4-3-5-18(24)11-17/h3-7,10-12,14,16H,8-9,13H2,1-2H3. The highest BCUT2D eigenvalue weighted by molar-refractivity contribution is 6.30. The predicted octanol–water partition coefficient (Wildman–Crippen LogP) is 4.72. The van der Waals surface area contributed by atoms with Crippen molar-refractivity contribution >= 4 is 23.3 Å². The summed E-state index contributed by atoms with van der Waals surface area (Å²) in [6, 6.07) is 13.3. The maximum absolute atomic E-state index is 14.0. The average molecular weight is 441 g/mol. The van der Waals surface area contributed by atoms with Gasteiger partial charge in [-0.05, 0) is 49.7 Å². The van der Waals surface area contributed by atoms with Gasteiger partial charge in [-0.3, -0.25) is 4.79 Å². The number of carbonyl (C=O) groups excluding carboxylic acids is 1. The summed E-state index contributed by atoms with van der Waals surface area (Å²) in [5.41, 5.74) is 1.46. The molecule has 1 fully saturated rings. The summed E-state index contributed by atoms with van der Waals surface area (Å²) >= 11 is 6.03. The van der Waals surface area contributed by atoms with Gasteiger partial charge in [0.25, 0.3) is 5.91 Å². The molecule has 0 radical (unpaired) electrons. The fourth-order valence-corrected chi connectivity index (χ4v) is 3.81. The van der Waals surface area contributed by atoms with Crippen LogP contribution in [0.25, 0.3) is 0 Å². The van der Waals surface area contributed by atoms with Crippen LogP contribution in [0, 0.1) is 12.7 Å². The zero-order valence-corrected chi connectivity index (χ0v) is 18.0. The minimum Gasteiger partial charge on any atom is -0.436 e. The average Bonchev–Trinajstić information content (AvgIpc) is 2.76. The summed E-state index contributed by atoms with van der Waals surface area (Å²) in [5, 5.41) is 0.538. The number of piperazine rings is 1. The number of aromatic nitrogens is 2. The highest BCUT2D eigenvalue weighted by Crippen LogP contribution is 2.27. The number of aryl methyl sites for hydroxylation is 1. The summed E-state index contributed by atoms with van der Waals surface area (Å²) in [4.78, 5) is 25.2. The minimum atomic E-state index is -0.451. The van der Waals surface area contributed by atoms with Crippen molar-refractivity contribution in [3.8, 4) is 11.6 Å². The fourth-order valence-electron chi connectivity index (χ4n) is 3.61. The summed E-state index contributed by atoms with van der Waals surface area (Å²) in [6.07, 6.45) is 1.40. The number of nitrogens with zero attached hydrogens (tertiary/aromatic N) is 4. The topological polar surface area (TPSA) is 58.6 Å². The van der Waals surface area contributed by atoms with E-state index in [9.17, 15) is 9.18 Å². The van der Waals surface area contributed by atoms with E-state index in [2.05, 4.69) is 14.9 Å². The highest BCUT2D eigenvalue weighted by Gasteiger charge is 2.29. The molecule has 1 atom stereocenters. The van der Waals surface area contributed by atoms with Crippen molar-refractivity contribution in [2.75, 3.05) is 24.5 Å². The van der Waals surface area contributed by atoms with Gasteiger partial charge in [-0.1, -0.05) is 23.7 Å². The van der Waals surface area contributed by atoms with Gasteiger partial charge in [0.05, 0.1) is 0 Å². The molecule has 4 rings (SSSR count). The van der Waals surface area contributed by atoms with Crippen LogP contribution >= 0.6 is 11.6 Å². The Bertz CT molecular complexity index is 1110. The van der Waals surface area contributed by atoms with Crippen molar-refractivity contribution in [3.05, 3.63) is 76.8 Å². The van der Waals surface area contributed by atoms with Gasteiger partial charge in [-0.2, -0.15) is 0 Å². The molecule has 3 aromatic rings. The SMILES string of the molecule is Cc1ccc(F)c(Oc2cc(N3CCN(C(=O)c4cccc(Cl)c4)C(C)C3)ncn2)c1. The van der Waals surface area contributed by atoms with Crippen molar-refractivity contribution < 1.29 is 13.9 Å². The Labute approximate surface area is 185 Å². The molecule has 8 heteroatoms. The number of hydrogen-bond donors (Lipinski definition) is 0. The van der Waals surface area contributed by atoms with E-state index in [-0.39, 0.29) is 23.6 Å². The second kappa shape index (κ2) is 8.89. The Kier molecular flexibility index (Phi) is 6.04. The number of anilines is 1. The van der Waals surface area contributed by atoms with Gasteiger partial charge >= 0.3 is 0 Å². The molecule has 160 valence electrons. The first kappa shape index (κ1) is 21.1. The third kappa shape index (κ3) is 4.77. The summed E-state index contributed by atoms with van der Waals surface area (Å²) in [5.74, 6) is 0.554. The minimum absolute atomic E-state index is 0.0335. The summed E-state index contributed by atoms with van der Waals surface area (Å²) in [7, 11) is 0. The second-order valence-electron chi connectivity index (χ2n) is 7.55. The predicted molar refractivity (Wildman–Crippen MR) is 117 cm³/mol. The van der Waals surface area contributed by atoms with Crippen LogP contribution in [-0.4, -0.2) is 46.5 Å². The highest BCUT2D eigenvalue weighted by atomic mass is 35.5. The van der Waals surface area contributed by atoms with E-state index < -0.39 is 5.82 Å². The van der Waals surface area contributed by atoms with Gasteiger partial charge in [0.15, 0.2) is 11.6 Å². The number of carbonyl (C=O) groups is 1. The molecule has 1 aliphatic heterocycles. The molecular weight excluding hydrogens is 419 g/mol. The van der Waals surface area contributed by atoms with Crippen LogP contribution in [0.5, 0.6) is 11.6 Å². The number of amides is 1. The van der Waals surface area contributed by atoms with Crippen LogP contribution in [0.2, 0.25) is 5.02 Å². The maximum Gasteiger partial charge on any atom is 0.254 e. The van der Waals surface area contributed by atoms with Crippen molar-refractivity contribution in [2.24, 2.45) is 0 Å². The monoisotopic (exact) mass is 440 g/mol. The van der Waals surface area contributed by atoms with Gasteiger partial charge < -0.3 is 14.5 Å². The van der Waals surface area contributed by atoms with Crippen molar-refractivity contribution in [2.45, 2.75) is 19.9 Å². The second-order valence-corrected chi connectivity index (χ2v) is 7.99. The molecule has 0 bridgehead atoms. The van der Waals surface area contributed by atoms with Crippen LogP contribution < -0.4 is 9.64 Å². The third-order valence-corrected chi connectivity index (χ3v) is 5.45. The van der Waals surface area contributed by atoms with Crippen LogP contribution in [0.4, 0.5) is 10.2 Å². The molecule has 1 aliphatic rings. The summed E-state index contributed by atoms with van der Waals surface area (Å²) in [6.45, 7) is 5.60. The zero-order chi connectivity index (χ0) is 22.0. The Balaban J connectivity index is 1.46. The Morgan fingerprint density at radius 1 is 1.16 bits per heavy atom. The van der Waals surface area contributed by atoms with E-state index >= 15 is 0 Å². The lowest BCUT2D eigenvalue weighted by atomic mass is 10.1. The largest absolute Gasteiger partial charge is 0.436 e. The molecule has 1 unspecified atom stereocenters. The molecule has 0 N–H and O–H groups in total. The molecular formula is C23H22ClFN4O2. The van der Waals surface area contributed by atoms with E-state index in [1.54, 1.807) is 42.5 Å². The van der Waals surface area contributed by atoms with Crippen LogP contribution in [-0.2, 0) is 0 Å². The number of halogens is 2. The van der Waals surface area contributed by atoms with Gasteiger partial charge in [-0.15, -0.1) is 0 Å². The molecule has 0 aliphatic carbocycles. The van der Waals surface area contributed by atoms with Crippen LogP contribution in [0.15, 0.2) is 54.9 Å². The molecule has 0 saturated carbocycles. The van der Waals surface area contributed by atoms with Crippen LogP contribution in [0.3, 0.4) is 0 Å². The zero-order valence-electron chi connectivity index (χ0n) is 17.3. The Morgan fingerprint density at radius 2 is 2.00 bits per heavy atom. The van der Waals surface area contributed by atoms with Gasteiger partial charge in [-0.25, -0.2) is 14.4 Å². The first-order valence-electron chi connectivity index (χ1n) is 9.98. The van der Waals surface area contributed by atoms with E-state index in [0.717, 1.165) is 5.56 Å². The van der Waals surface area contributed by atoms with Crippen molar-refractivity contribution in [3.63, 3.8) is 0 Å². The normalized spacial score (nSPS) is 16.3. The van der Waals surface area contributed by atoms with Crippen LogP contribution in [0.1, 0.15) is 22.8 Å². The van der Waals surface area contributed by atoms with Gasteiger partial charge in [0.2, 0.25) is 5.88 Å². The maximum atomic E-state index is 14.0. The molecule has 6 nitrogen and oxygen atoms in total. The smallest absolute Gasteiger partial charge is 0.254 e. The number of hydrogen-bond acceptors (Lipinski definition) is 5. The van der Waals surface area contributed by atoms with E-state index in [0.29, 0.717) is 36.0 Å². The lowest BCUT2D eigenvalue weighted by molar-refractivity contribution is 0.0673. The Hall–Kier alpha value is -3.19. The first-order valence-corrected chi connectivity index (χ1v) is 10.4. The molecule has 1 saturated heterocycles. The number of ether oxygens (including phenoxy) is 1. The molecule has 31 heavy (non-hydrogen) atoms. The quantitative estimate of drug-likeness (QED) is 0.587. The number of rotatable bonds is 4. The molecule has 2 heterocycles. The molecule has 1 amide bonds. The first-order chi connectivity index (χ1) is 14.9. The van der Waals surface area contributed by atoms with E-state index in [4.69, 9.17) is 16.3 Å². The molecule has 2 aromatic carbocycles. The lowest BCUT2D eigenvalue weighted by Gasteiger charge is -2.40. The fraction of sp³-hybridized carbons (Fsp3) is 0.261. The van der Waals surface area contributed by atoms with Gasteiger partial charge in [0.1, 0.15) is 12.1 Å². The van der Waals surface area contributed by atoms with E-state index in [1.165, 1.54) is 12.4 Å². The lowest BCUT2D eigenvalue weighted by Crippen LogP contribution is -2.54. The Morgan fingerprint density at radius 3 is 2.77 bits per heavy atom. The van der Waals surface area contributed by atoms with Gasteiger partial charge in [0, 0.05) is 42.3 Å². The third-order valence-electron chi connectivity index (χ3n) is 5.21. The number of benzene rings is 2. The summed E-state index contributed by atoms with van der Waals surface area (Å²) < 4.78 is 19.7. The van der Waals surface area contributed by atoms with E-state index in [1.807, 2.05) is 18.7 Å².